The van der Waals surface area contributed by atoms with Crippen molar-refractivity contribution in [3.05, 3.63) is 17.5 Å². The van der Waals surface area contributed by atoms with E-state index in [0.29, 0.717) is 12.5 Å². The number of H-pyrrole nitrogens is 1. The molecule has 0 aromatic carbocycles. The highest BCUT2D eigenvalue weighted by Crippen LogP contribution is 2.43. The summed E-state index contributed by atoms with van der Waals surface area (Å²) in [4.78, 5) is 25.9. The highest BCUT2D eigenvalue weighted by molar-refractivity contribution is 6.05. The van der Waals surface area contributed by atoms with E-state index in [1.54, 1.807) is 6.20 Å². The molecule has 2 unspecified atom stereocenters. The van der Waals surface area contributed by atoms with Gasteiger partial charge in [-0.25, -0.2) is 0 Å². The second-order valence-electron chi connectivity index (χ2n) is 5.57. The number of carbonyl (C=O) groups is 2. The van der Waals surface area contributed by atoms with Crippen molar-refractivity contribution in [3.8, 4) is 0 Å². The maximum absolute atomic E-state index is 12.3. The highest BCUT2D eigenvalue weighted by Gasteiger charge is 2.51. The van der Waals surface area contributed by atoms with Crippen LogP contribution >= 0.6 is 0 Å². The molecule has 0 bridgehead atoms. The van der Waals surface area contributed by atoms with E-state index in [0.717, 1.165) is 24.1 Å². The number of aromatic nitrogens is 2. The van der Waals surface area contributed by atoms with Gasteiger partial charge in [-0.05, 0) is 25.7 Å². The highest BCUT2D eigenvalue weighted by atomic mass is 16.2. The van der Waals surface area contributed by atoms with Crippen LogP contribution in [0.15, 0.2) is 6.20 Å². The summed E-state index contributed by atoms with van der Waals surface area (Å²) in [5.41, 5.74) is 1.84. The second-order valence-corrected chi connectivity index (χ2v) is 5.57. The number of hydrogen-bond acceptors (Lipinski definition) is 3. The first kappa shape index (κ1) is 11.4. The van der Waals surface area contributed by atoms with E-state index in [1.165, 1.54) is 4.90 Å². The summed E-state index contributed by atoms with van der Waals surface area (Å²) < 4.78 is 0. The SMILES string of the molecule is Cc1[nH]ncc1CN1C(=O)C2CC(C)CC2C1=O. The Morgan fingerprint density at radius 1 is 1.33 bits per heavy atom. The summed E-state index contributed by atoms with van der Waals surface area (Å²) in [6.07, 6.45) is 3.40. The van der Waals surface area contributed by atoms with E-state index in [-0.39, 0.29) is 23.7 Å². The van der Waals surface area contributed by atoms with Crippen molar-refractivity contribution < 1.29 is 9.59 Å². The third-order valence-corrected chi connectivity index (χ3v) is 4.23. The molecule has 1 aromatic rings. The van der Waals surface area contributed by atoms with Crippen molar-refractivity contribution in [3.63, 3.8) is 0 Å². The predicted molar refractivity (Wildman–Crippen MR) is 64.3 cm³/mol. The van der Waals surface area contributed by atoms with Gasteiger partial charge in [0.2, 0.25) is 11.8 Å². The molecule has 2 atom stereocenters. The number of nitrogens with zero attached hydrogens (tertiary/aromatic N) is 2. The van der Waals surface area contributed by atoms with Crippen LogP contribution in [0.3, 0.4) is 0 Å². The van der Waals surface area contributed by atoms with Crippen LogP contribution in [0.2, 0.25) is 0 Å². The minimum absolute atomic E-state index is 0.00921. The zero-order valence-corrected chi connectivity index (χ0v) is 10.6. The molecule has 1 N–H and O–H groups in total. The van der Waals surface area contributed by atoms with E-state index in [9.17, 15) is 9.59 Å². The number of amides is 2. The maximum atomic E-state index is 12.3. The molecular weight excluding hydrogens is 230 g/mol. The zero-order valence-electron chi connectivity index (χ0n) is 10.6. The molecule has 1 aliphatic heterocycles. The molecule has 3 rings (SSSR count). The first-order valence-electron chi connectivity index (χ1n) is 6.42. The van der Waals surface area contributed by atoms with Gasteiger partial charge in [0.15, 0.2) is 0 Å². The van der Waals surface area contributed by atoms with E-state index >= 15 is 0 Å². The summed E-state index contributed by atoms with van der Waals surface area (Å²) in [5, 5.41) is 6.75. The molecular formula is C13H17N3O2. The topological polar surface area (TPSA) is 66.1 Å². The largest absolute Gasteiger partial charge is 0.283 e. The quantitative estimate of drug-likeness (QED) is 0.800. The summed E-state index contributed by atoms with van der Waals surface area (Å²) >= 11 is 0. The Hall–Kier alpha value is -1.65. The third-order valence-electron chi connectivity index (χ3n) is 4.23. The smallest absolute Gasteiger partial charge is 0.233 e. The molecule has 96 valence electrons. The molecule has 2 aliphatic rings. The minimum atomic E-state index is -0.0697. The van der Waals surface area contributed by atoms with Crippen LogP contribution in [0, 0.1) is 24.7 Å². The Morgan fingerprint density at radius 2 is 1.94 bits per heavy atom. The summed E-state index contributed by atoms with van der Waals surface area (Å²) in [6, 6.07) is 0. The van der Waals surface area contributed by atoms with Crippen molar-refractivity contribution in [1.29, 1.82) is 0 Å². The number of nitrogens with one attached hydrogen (secondary N) is 1. The number of fused-ring (bicyclic) bond motifs is 1. The third kappa shape index (κ3) is 1.57. The minimum Gasteiger partial charge on any atom is -0.283 e. The predicted octanol–water partition coefficient (Wildman–Crippen LogP) is 1.25. The van der Waals surface area contributed by atoms with Crippen LogP contribution in [-0.4, -0.2) is 26.9 Å². The Kier molecular flexibility index (Phi) is 2.50. The molecule has 2 heterocycles. The number of aryl methyl sites for hydroxylation is 1. The Morgan fingerprint density at radius 3 is 2.44 bits per heavy atom. The van der Waals surface area contributed by atoms with Crippen LogP contribution in [0.25, 0.3) is 0 Å². The van der Waals surface area contributed by atoms with Gasteiger partial charge in [0.25, 0.3) is 0 Å². The molecule has 1 saturated heterocycles. The van der Waals surface area contributed by atoms with E-state index in [2.05, 4.69) is 17.1 Å². The molecule has 18 heavy (non-hydrogen) atoms. The van der Waals surface area contributed by atoms with Gasteiger partial charge in [-0.3, -0.25) is 19.6 Å². The lowest BCUT2D eigenvalue weighted by Gasteiger charge is -2.16. The Balaban J connectivity index is 1.81. The second kappa shape index (κ2) is 3.93. The first-order chi connectivity index (χ1) is 8.58. The molecule has 2 fully saturated rings. The molecule has 0 spiro atoms. The standard InChI is InChI=1S/C13H17N3O2/c1-7-3-10-11(4-7)13(18)16(12(10)17)6-9-5-14-15-8(9)2/h5,7,10-11H,3-4,6H2,1-2H3,(H,14,15). The molecule has 5 nitrogen and oxygen atoms in total. The molecule has 1 aliphatic carbocycles. The molecule has 5 heteroatoms. The van der Waals surface area contributed by atoms with Gasteiger partial charge < -0.3 is 0 Å². The molecule has 0 radical (unpaired) electrons. The Labute approximate surface area is 106 Å². The van der Waals surface area contributed by atoms with Crippen LogP contribution in [0.5, 0.6) is 0 Å². The van der Waals surface area contributed by atoms with E-state index in [4.69, 9.17) is 0 Å². The van der Waals surface area contributed by atoms with Gasteiger partial charge in [-0.15, -0.1) is 0 Å². The van der Waals surface area contributed by atoms with Gasteiger partial charge in [0.1, 0.15) is 0 Å². The van der Waals surface area contributed by atoms with Gasteiger partial charge >= 0.3 is 0 Å². The Bertz CT molecular complexity index is 484. The number of hydrogen-bond donors (Lipinski definition) is 1. The molecule has 1 aromatic heterocycles. The number of rotatable bonds is 2. The van der Waals surface area contributed by atoms with Crippen molar-refractivity contribution in [2.75, 3.05) is 0 Å². The van der Waals surface area contributed by atoms with Crippen LogP contribution < -0.4 is 0 Å². The van der Waals surface area contributed by atoms with Crippen LogP contribution in [0.4, 0.5) is 0 Å². The summed E-state index contributed by atoms with van der Waals surface area (Å²) in [5.74, 6) is 0.370. The van der Waals surface area contributed by atoms with Crippen molar-refractivity contribution >= 4 is 11.8 Å². The van der Waals surface area contributed by atoms with Gasteiger partial charge in [0, 0.05) is 11.3 Å². The van der Waals surface area contributed by atoms with Crippen LogP contribution in [0.1, 0.15) is 31.0 Å². The normalized spacial score (nSPS) is 31.2. The fourth-order valence-electron chi connectivity index (χ4n) is 3.21. The summed E-state index contributed by atoms with van der Waals surface area (Å²) in [6.45, 7) is 4.38. The average Bonchev–Trinajstić information content (AvgIpc) is 2.95. The lowest BCUT2D eigenvalue weighted by molar-refractivity contribution is -0.141. The maximum Gasteiger partial charge on any atom is 0.233 e. The first-order valence-corrected chi connectivity index (χ1v) is 6.42. The number of aromatic amines is 1. The van der Waals surface area contributed by atoms with E-state index in [1.807, 2.05) is 6.92 Å². The fraction of sp³-hybridized carbons (Fsp3) is 0.615. The van der Waals surface area contributed by atoms with Crippen molar-refractivity contribution in [2.45, 2.75) is 33.2 Å². The lowest BCUT2D eigenvalue weighted by atomic mass is 10.00. The van der Waals surface area contributed by atoms with Gasteiger partial charge in [-0.2, -0.15) is 5.10 Å². The number of carbonyl (C=O) groups excluding carboxylic acids is 2. The van der Waals surface area contributed by atoms with E-state index < -0.39 is 0 Å². The van der Waals surface area contributed by atoms with Crippen LogP contribution in [-0.2, 0) is 16.1 Å². The lowest BCUT2D eigenvalue weighted by Crippen LogP contribution is -2.31. The average molecular weight is 247 g/mol. The molecule has 2 amide bonds. The van der Waals surface area contributed by atoms with Crippen molar-refractivity contribution in [1.82, 2.24) is 15.1 Å². The monoisotopic (exact) mass is 247 g/mol. The summed E-state index contributed by atoms with van der Waals surface area (Å²) in [7, 11) is 0. The number of likely N-dealkylation sites (tertiary alicyclic amines) is 1. The zero-order chi connectivity index (χ0) is 12.9. The fourth-order valence-corrected chi connectivity index (χ4v) is 3.21. The van der Waals surface area contributed by atoms with Gasteiger partial charge in [0.05, 0.1) is 24.6 Å². The number of imide groups is 1. The van der Waals surface area contributed by atoms with Crippen molar-refractivity contribution in [2.24, 2.45) is 17.8 Å². The van der Waals surface area contributed by atoms with Gasteiger partial charge in [-0.1, -0.05) is 6.92 Å². The molecule has 1 saturated carbocycles.